The molecule has 0 aromatic carbocycles. The third-order valence-corrected chi connectivity index (χ3v) is 2.78. The van der Waals surface area contributed by atoms with Gasteiger partial charge in [0.05, 0.1) is 0 Å². The lowest BCUT2D eigenvalue weighted by atomic mass is 9.52. The highest BCUT2D eigenvalue weighted by Gasteiger charge is 2.50. The van der Waals surface area contributed by atoms with Crippen LogP contribution in [0.1, 0.15) is 25.7 Å². The number of hydrogen-bond acceptors (Lipinski definition) is 2. The van der Waals surface area contributed by atoms with Crippen LogP contribution < -0.4 is 11.5 Å². The Hall–Kier alpha value is 0.500. The van der Waals surface area contributed by atoms with Crippen LogP contribution in [0.4, 0.5) is 0 Å². The molecule has 0 aliphatic heterocycles. The molecule has 2 aliphatic rings. The predicted octanol–water partition coefficient (Wildman–Crippen LogP) is 1.06. The minimum Gasteiger partial charge on any atom is -0.328 e. The SMILES string of the molecule is Cl.Cl.NC1CC2(C1)CC(N)C2. The smallest absolute Gasteiger partial charge is 0.00494 e. The van der Waals surface area contributed by atoms with Crippen molar-refractivity contribution in [2.75, 3.05) is 0 Å². The third kappa shape index (κ3) is 1.81. The summed E-state index contributed by atoms with van der Waals surface area (Å²) < 4.78 is 0. The van der Waals surface area contributed by atoms with Crippen molar-refractivity contribution in [3.8, 4) is 0 Å². The number of hydrogen-bond donors (Lipinski definition) is 2. The van der Waals surface area contributed by atoms with E-state index in [1.807, 2.05) is 0 Å². The van der Waals surface area contributed by atoms with Gasteiger partial charge in [0.25, 0.3) is 0 Å². The Morgan fingerprint density at radius 3 is 1.27 bits per heavy atom. The number of halogens is 2. The first kappa shape index (κ1) is 11.5. The van der Waals surface area contributed by atoms with Gasteiger partial charge in [0.2, 0.25) is 0 Å². The lowest BCUT2D eigenvalue weighted by Crippen LogP contribution is -2.57. The second kappa shape index (κ2) is 3.48. The Labute approximate surface area is 79.9 Å². The second-order valence-electron chi connectivity index (χ2n) is 3.84. The van der Waals surface area contributed by atoms with Crippen LogP contribution in [-0.4, -0.2) is 12.1 Å². The van der Waals surface area contributed by atoms with Crippen LogP contribution >= 0.6 is 24.8 Å². The standard InChI is InChI=1S/C7H14N2.2ClH/c8-5-1-7(2-5)3-6(9)4-7;;/h5-6H,1-4,8-9H2;2*1H. The summed E-state index contributed by atoms with van der Waals surface area (Å²) in [6.45, 7) is 0. The maximum absolute atomic E-state index is 5.67. The van der Waals surface area contributed by atoms with E-state index < -0.39 is 0 Å². The van der Waals surface area contributed by atoms with Crippen LogP contribution in [0, 0.1) is 5.41 Å². The molecular formula is C7H16Cl2N2. The van der Waals surface area contributed by atoms with Gasteiger partial charge in [-0.1, -0.05) is 0 Å². The Morgan fingerprint density at radius 1 is 0.818 bits per heavy atom. The summed E-state index contributed by atoms with van der Waals surface area (Å²) in [4.78, 5) is 0. The minimum atomic E-state index is 0. The molecule has 4 heteroatoms. The molecule has 0 saturated heterocycles. The zero-order chi connectivity index (χ0) is 6.48. The van der Waals surface area contributed by atoms with Gasteiger partial charge >= 0.3 is 0 Å². The normalized spacial score (nSPS) is 46.4. The van der Waals surface area contributed by atoms with Gasteiger partial charge < -0.3 is 11.5 Å². The summed E-state index contributed by atoms with van der Waals surface area (Å²) >= 11 is 0. The summed E-state index contributed by atoms with van der Waals surface area (Å²) in [7, 11) is 0. The van der Waals surface area contributed by atoms with E-state index in [-0.39, 0.29) is 24.8 Å². The van der Waals surface area contributed by atoms with E-state index in [0.717, 1.165) is 0 Å². The zero-order valence-electron chi connectivity index (χ0n) is 6.45. The van der Waals surface area contributed by atoms with Gasteiger partial charge in [0.15, 0.2) is 0 Å². The molecule has 2 saturated carbocycles. The van der Waals surface area contributed by atoms with Gasteiger partial charge in [-0.3, -0.25) is 0 Å². The molecule has 0 bridgehead atoms. The van der Waals surface area contributed by atoms with E-state index in [4.69, 9.17) is 11.5 Å². The average molecular weight is 199 g/mol. The molecule has 2 fully saturated rings. The lowest BCUT2D eigenvalue weighted by molar-refractivity contribution is -0.00523. The minimum absolute atomic E-state index is 0. The van der Waals surface area contributed by atoms with Crippen molar-refractivity contribution in [1.82, 2.24) is 0 Å². The molecule has 0 heterocycles. The van der Waals surface area contributed by atoms with Crippen LogP contribution in [0.15, 0.2) is 0 Å². The Morgan fingerprint density at radius 2 is 1.09 bits per heavy atom. The molecule has 0 aromatic rings. The van der Waals surface area contributed by atoms with Crippen molar-refractivity contribution < 1.29 is 0 Å². The van der Waals surface area contributed by atoms with Gasteiger partial charge in [-0.15, -0.1) is 24.8 Å². The molecule has 0 aromatic heterocycles. The molecule has 2 rings (SSSR count). The highest BCUT2D eigenvalue weighted by atomic mass is 35.5. The first-order chi connectivity index (χ1) is 4.20. The lowest BCUT2D eigenvalue weighted by Gasteiger charge is -2.56. The van der Waals surface area contributed by atoms with Crippen molar-refractivity contribution in [2.45, 2.75) is 37.8 Å². The highest BCUT2D eigenvalue weighted by Crippen LogP contribution is 2.54. The van der Waals surface area contributed by atoms with Crippen LogP contribution in [0.25, 0.3) is 0 Å². The summed E-state index contributed by atoms with van der Waals surface area (Å²) in [6.07, 6.45) is 4.95. The fraction of sp³-hybridized carbons (Fsp3) is 1.00. The van der Waals surface area contributed by atoms with E-state index in [2.05, 4.69) is 0 Å². The molecule has 0 unspecified atom stereocenters. The van der Waals surface area contributed by atoms with Gasteiger partial charge in [-0.05, 0) is 31.1 Å². The molecule has 2 aliphatic carbocycles. The summed E-state index contributed by atoms with van der Waals surface area (Å²) in [5.41, 5.74) is 12.0. The molecule has 11 heavy (non-hydrogen) atoms. The van der Waals surface area contributed by atoms with Gasteiger partial charge in [0.1, 0.15) is 0 Å². The Bertz CT molecular complexity index is 109. The van der Waals surface area contributed by atoms with Gasteiger partial charge in [-0.25, -0.2) is 0 Å². The zero-order valence-corrected chi connectivity index (χ0v) is 8.09. The summed E-state index contributed by atoms with van der Waals surface area (Å²) in [5.74, 6) is 0. The van der Waals surface area contributed by atoms with E-state index in [1.54, 1.807) is 0 Å². The largest absolute Gasteiger partial charge is 0.328 e. The van der Waals surface area contributed by atoms with Crippen LogP contribution in [0.5, 0.6) is 0 Å². The van der Waals surface area contributed by atoms with Crippen LogP contribution in [0.3, 0.4) is 0 Å². The van der Waals surface area contributed by atoms with E-state index >= 15 is 0 Å². The number of rotatable bonds is 0. The summed E-state index contributed by atoms with van der Waals surface area (Å²) in [6, 6.07) is 0.995. The highest BCUT2D eigenvalue weighted by molar-refractivity contribution is 5.85. The maximum atomic E-state index is 5.67. The molecule has 4 N–H and O–H groups in total. The van der Waals surface area contributed by atoms with Gasteiger partial charge in [-0.2, -0.15) is 0 Å². The van der Waals surface area contributed by atoms with Gasteiger partial charge in [0, 0.05) is 12.1 Å². The average Bonchev–Trinajstić information content (AvgIpc) is 1.58. The quantitative estimate of drug-likeness (QED) is 0.612. The first-order valence-electron chi connectivity index (χ1n) is 3.71. The van der Waals surface area contributed by atoms with E-state index in [0.29, 0.717) is 17.5 Å². The monoisotopic (exact) mass is 198 g/mol. The molecular weight excluding hydrogens is 183 g/mol. The topological polar surface area (TPSA) is 52.0 Å². The molecule has 0 atom stereocenters. The predicted molar refractivity (Wildman–Crippen MR) is 51.3 cm³/mol. The van der Waals surface area contributed by atoms with E-state index in [9.17, 15) is 0 Å². The molecule has 2 nitrogen and oxygen atoms in total. The van der Waals surface area contributed by atoms with Crippen LogP contribution in [-0.2, 0) is 0 Å². The van der Waals surface area contributed by atoms with Crippen molar-refractivity contribution in [3.63, 3.8) is 0 Å². The molecule has 68 valence electrons. The maximum Gasteiger partial charge on any atom is 0.00494 e. The Kier molecular flexibility index (Phi) is 3.64. The third-order valence-electron chi connectivity index (χ3n) is 2.78. The molecule has 1 spiro atoms. The van der Waals surface area contributed by atoms with Crippen molar-refractivity contribution in [3.05, 3.63) is 0 Å². The van der Waals surface area contributed by atoms with Crippen molar-refractivity contribution in [1.29, 1.82) is 0 Å². The molecule has 0 radical (unpaired) electrons. The second-order valence-corrected chi connectivity index (χ2v) is 3.84. The fourth-order valence-electron chi connectivity index (χ4n) is 2.44. The fourth-order valence-corrected chi connectivity index (χ4v) is 2.44. The van der Waals surface area contributed by atoms with E-state index in [1.165, 1.54) is 25.7 Å². The number of nitrogens with two attached hydrogens (primary N) is 2. The van der Waals surface area contributed by atoms with Crippen LogP contribution in [0.2, 0.25) is 0 Å². The molecule has 0 amide bonds. The first-order valence-corrected chi connectivity index (χ1v) is 3.71. The summed E-state index contributed by atoms with van der Waals surface area (Å²) in [5, 5.41) is 0. The Balaban J connectivity index is 0.000000500. The van der Waals surface area contributed by atoms with Crippen molar-refractivity contribution >= 4 is 24.8 Å². The van der Waals surface area contributed by atoms with Crippen molar-refractivity contribution in [2.24, 2.45) is 16.9 Å².